The maximum atomic E-state index is 12.0. The first-order chi connectivity index (χ1) is 13.3. The Morgan fingerprint density at radius 3 is 2.71 bits per heavy atom. The summed E-state index contributed by atoms with van der Waals surface area (Å²) in [4.78, 5) is 12.0. The number of aromatic hydroxyl groups is 1. The van der Waals surface area contributed by atoms with Crippen molar-refractivity contribution in [3.8, 4) is 5.75 Å². The lowest BCUT2D eigenvalue weighted by Gasteiger charge is -2.22. The van der Waals surface area contributed by atoms with E-state index in [2.05, 4.69) is 37.2 Å². The highest BCUT2D eigenvalue weighted by molar-refractivity contribution is 9.11. The SMILES string of the molecule is CO[C@@H](CC/C=C/C(=O)Nc1ccccc1N)[C@@H](O)c1cc(Br)cc(Br)c1O. The van der Waals surface area contributed by atoms with Crippen molar-refractivity contribution in [3.05, 3.63) is 63.1 Å². The third kappa shape index (κ3) is 6.07. The summed E-state index contributed by atoms with van der Waals surface area (Å²) in [5, 5.41) is 23.5. The monoisotopic (exact) mass is 512 g/mol. The number of nitrogens with one attached hydrogen (secondary N) is 1. The summed E-state index contributed by atoms with van der Waals surface area (Å²) < 4.78 is 6.57. The second-order valence-corrected chi connectivity index (χ2v) is 7.87. The van der Waals surface area contributed by atoms with Gasteiger partial charge in [-0.3, -0.25) is 4.79 Å². The molecule has 0 aromatic heterocycles. The van der Waals surface area contributed by atoms with Gasteiger partial charge in [0.25, 0.3) is 0 Å². The minimum Gasteiger partial charge on any atom is -0.506 e. The number of para-hydroxylation sites is 2. The van der Waals surface area contributed by atoms with E-state index < -0.39 is 12.2 Å². The van der Waals surface area contributed by atoms with Gasteiger partial charge in [-0.05, 0) is 59.1 Å². The molecule has 0 aliphatic heterocycles. The first-order valence-corrected chi connectivity index (χ1v) is 10.1. The van der Waals surface area contributed by atoms with Crippen LogP contribution in [-0.4, -0.2) is 29.3 Å². The molecule has 0 spiro atoms. The maximum absolute atomic E-state index is 12.0. The molecule has 0 aliphatic rings. The number of carbonyl (C=O) groups excluding carboxylic acids is 1. The molecule has 2 atom stereocenters. The van der Waals surface area contributed by atoms with Crippen LogP contribution in [0.5, 0.6) is 5.75 Å². The number of hydrogen-bond acceptors (Lipinski definition) is 5. The summed E-state index contributed by atoms with van der Waals surface area (Å²) in [5.41, 5.74) is 7.20. The number of aliphatic hydroxyl groups excluding tert-OH is 1. The number of nitrogens with two attached hydrogens (primary N) is 1. The third-order valence-electron chi connectivity index (χ3n) is 4.14. The normalized spacial score (nSPS) is 13.4. The van der Waals surface area contributed by atoms with Crippen LogP contribution in [0.2, 0.25) is 0 Å². The topological polar surface area (TPSA) is 105 Å². The Morgan fingerprint density at radius 1 is 1.32 bits per heavy atom. The Kier molecular flexibility index (Phi) is 8.50. The van der Waals surface area contributed by atoms with Crippen LogP contribution in [-0.2, 0) is 9.53 Å². The van der Waals surface area contributed by atoms with Gasteiger partial charge in [0.05, 0.1) is 22.0 Å². The molecule has 8 heteroatoms. The van der Waals surface area contributed by atoms with Crippen LogP contribution in [0, 0.1) is 0 Å². The number of aliphatic hydroxyl groups is 1. The fraction of sp³-hybridized carbons (Fsp3) is 0.250. The molecule has 0 aliphatic carbocycles. The van der Waals surface area contributed by atoms with Crippen molar-refractivity contribution < 1.29 is 19.7 Å². The van der Waals surface area contributed by atoms with E-state index in [-0.39, 0.29) is 11.7 Å². The lowest BCUT2D eigenvalue weighted by atomic mass is 9.99. The fourth-order valence-corrected chi connectivity index (χ4v) is 3.91. The van der Waals surface area contributed by atoms with E-state index in [0.29, 0.717) is 34.3 Å². The molecule has 0 bridgehead atoms. The molecular formula is C20H22Br2N2O4. The van der Waals surface area contributed by atoms with Gasteiger partial charge in [0.1, 0.15) is 11.9 Å². The van der Waals surface area contributed by atoms with Crippen LogP contribution >= 0.6 is 31.9 Å². The second kappa shape index (κ2) is 10.6. The van der Waals surface area contributed by atoms with Crippen molar-refractivity contribution in [2.75, 3.05) is 18.2 Å². The minimum atomic E-state index is -1.02. The van der Waals surface area contributed by atoms with Crippen molar-refractivity contribution in [3.63, 3.8) is 0 Å². The van der Waals surface area contributed by atoms with E-state index >= 15 is 0 Å². The van der Waals surface area contributed by atoms with E-state index in [9.17, 15) is 15.0 Å². The number of benzene rings is 2. The lowest BCUT2D eigenvalue weighted by molar-refractivity contribution is -0.111. The van der Waals surface area contributed by atoms with Crippen LogP contribution in [0.3, 0.4) is 0 Å². The van der Waals surface area contributed by atoms with Crippen molar-refractivity contribution in [2.45, 2.75) is 25.0 Å². The molecule has 2 rings (SSSR count). The zero-order valence-corrected chi connectivity index (χ0v) is 18.4. The van der Waals surface area contributed by atoms with E-state index in [0.717, 1.165) is 4.47 Å². The van der Waals surface area contributed by atoms with Gasteiger partial charge in [0.15, 0.2) is 0 Å². The molecule has 1 amide bonds. The van der Waals surface area contributed by atoms with Gasteiger partial charge in [-0.1, -0.05) is 34.1 Å². The zero-order valence-electron chi connectivity index (χ0n) is 15.2. The molecule has 0 saturated carbocycles. The Labute approximate surface area is 180 Å². The number of phenolic OH excluding ortho intramolecular Hbond substituents is 1. The van der Waals surface area contributed by atoms with Crippen LogP contribution in [0.4, 0.5) is 11.4 Å². The Balaban J connectivity index is 1.94. The first-order valence-electron chi connectivity index (χ1n) is 8.54. The molecule has 6 nitrogen and oxygen atoms in total. The first kappa shape index (κ1) is 22.4. The van der Waals surface area contributed by atoms with E-state index in [4.69, 9.17) is 10.5 Å². The number of ether oxygens (including phenoxy) is 1. The summed E-state index contributed by atoms with van der Waals surface area (Å²) in [7, 11) is 1.49. The fourth-order valence-electron chi connectivity index (χ4n) is 2.65. The third-order valence-corrected chi connectivity index (χ3v) is 5.20. The summed E-state index contributed by atoms with van der Waals surface area (Å²) in [6, 6.07) is 10.3. The van der Waals surface area contributed by atoms with Crippen LogP contribution in [0.25, 0.3) is 0 Å². The van der Waals surface area contributed by atoms with E-state index in [1.165, 1.54) is 13.2 Å². The number of nitrogen functional groups attached to an aromatic ring is 1. The zero-order chi connectivity index (χ0) is 20.7. The molecular weight excluding hydrogens is 492 g/mol. The number of phenols is 1. The number of hydrogen-bond donors (Lipinski definition) is 4. The standard InChI is InChI=1S/C20H22Br2N2O4/c1-28-17(20(27)13-10-12(21)11-14(22)19(13)26)8-4-5-9-18(25)24-16-7-3-2-6-15(16)23/h2-3,5-7,9-11,17,20,26-27H,4,8,23H2,1H3,(H,24,25)/b9-5+/t17-,20-/m0/s1. The Bertz CT molecular complexity index is 858. The summed E-state index contributed by atoms with van der Waals surface area (Å²) in [6.07, 6.45) is 2.50. The smallest absolute Gasteiger partial charge is 0.248 e. The molecule has 0 fully saturated rings. The second-order valence-electron chi connectivity index (χ2n) is 6.10. The quantitative estimate of drug-likeness (QED) is 0.307. The van der Waals surface area contributed by atoms with E-state index in [1.54, 1.807) is 42.5 Å². The predicted octanol–water partition coefficient (Wildman–Crippen LogP) is 4.52. The van der Waals surface area contributed by atoms with Crippen molar-refractivity contribution >= 4 is 49.1 Å². The van der Waals surface area contributed by atoms with Gasteiger partial charge < -0.3 is 26.0 Å². The molecule has 0 heterocycles. The predicted molar refractivity (Wildman–Crippen MR) is 117 cm³/mol. The lowest BCUT2D eigenvalue weighted by Crippen LogP contribution is -2.21. The molecule has 0 radical (unpaired) electrons. The van der Waals surface area contributed by atoms with E-state index in [1.807, 2.05) is 0 Å². The maximum Gasteiger partial charge on any atom is 0.248 e. The Hall–Kier alpha value is -1.87. The summed E-state index contributed by atoms with van der Waals surface area (Å²) in [5.74, 6) is -0.325. The van der Waals surface area contributed by atoms with Gasteiger partial charge in [-0.25, -0.2) is 0 Å². The number of amides is 1. The summed E-state index contributed by atoms with van der Waals surface area (Å²) in [6.45, 7) is 0. The number of allylic oxidation sites excluding steroid dienone is 1. The number of rotatable bonds is 8. The molecule has 0 saturated heterocycles. The number of anilines is 2. The molecule has 2 aromatic carbocycles. The van der Waals surface area contributed by atoms with Gasteiger partial charge in [0.2, 0.25) is 5.91 Å². The summed E-state index contributed by atoms with van der Waals surface area (Å²) >= 11 is 6.59. The highest BCUT2D eigenvalue weighted by atomic mass is 79.9. The van der Waals surface area contributed by atoms with Gasteiger partial charge in [-0.2, -0.15) is 0 Å². The average Bonchev–Trinajstić information content (AvgIpc) is 2.66. The van der Waals surface area contributed by atoms with Gasteiger partial charge >= 0.3 is 0 Å². The Morgan fingerprint density at radius 2 is 2.04 bits per heavy atom. The van der Waals surface area contributed by atoms with Crippen LogP contribution in [0.15, 0.2) is 57.5 Å². The van der Waals surface area contributed by atoms with Gasteiger partial charge in [-0.15, -0.1) is 0 Å². The molecule has 28 heavy (non-hydrogen) atoms. The molecule has 5 N–H and O–H groups in total. The van der Waals surface area contributed by atoms with Crippen molar-refractivity contribution in [1.29, 1.82) is 0 Å². The van der Waals surface area contributed by atoms with Crippen LogP contribution < -0.4 is 11.1 Å². The molecule has 2 aromatic rings. The number of carbonyl (C=O) groups is 1. The van der Waals surface area contributed by atoms with Crippen molar-refractivity contribution in [2.24, 2.45) is 0 Å². The highest BCUT2D eigenvalue weighted by Crippen LogP contribution is 2.37. The number of methoxy groups -OCH3 is 1. The number of halogens is 2. The molecule has 0 unspecified atom stereocenters. The van der Waals surface area contributed by atoms with Crippen LogP contribution in [0.1, 0.15) is 24.5 Å². The van der Waals surface area contributed by atoms with Gasteiger partial charge in [0, 0.05) is 17.1 Å². The molecule has 150 valence electrons. The highest BCUT2D eigenvalue weighted by Gasteiger charge is 2.24. The average molecular weight is 514 g/mol. The largest absolute Gasteiger partial charge is 0.506 e. The van der Waals surface area contributed by atoms with Crippen molar-refractivity contribution in [1.82, 2.24) is 0 Å². The minimum absolute atomic E-state index is 0.0341.